The third kappa shape index (κ3) is 2.94. The number of benzene rings is 1. The van der Waals surface area contributed by atoms with Crippen molar-refractivity contribution >= 4 is 11.5 Å². The lowest BCUT2D eigenvalue weighted by Gasteiger charge is -2.04. The van der Waals surface area contributed by atoms with Gasteiger partial charge in [-0.15, -0.1) is 0 Å². The minimum Gasteiger partial charge on any atom is -0.292 e. The summed E-state index contributed by atoms with van der Waals surface area (Å²) < 4.78 is 1.19. The largest absolute Gasteiger partial charge is 0.292 e. The van der Waals surface area contributed by atoms with Crippen molar-refractivity contribution in [1.82, 2.24) is 9.55 Å². The number of nitro groups is 1. The molecule has 0 spiro atoms. The molecule has 2 aromatic rings. The molecule has 0 aliphatic rings. The molecular weight excluding hydrogens is 262 g/mol. The van der Waals surface area contributed by atoms with E-state index in [1.54, 1.807) is 6.92 Å². The smallest absolute Gasteiger partial charge is 0.269 e. The summed E-state index contributed by atoms with van der Waals surface area (Å²) in [5, 5.41) is 10.5. The number of ketones is 1. The molecule has 7 heteroatoms. The van der Waals surface area contributed by atoms with Crippen LogP contribution in [0.4, 0.5) is 5.69 Å². The Hall–Kier alpha value is -2.83. The minimum atomic E-state index is -0.539. The number of nitro benzene ring substituents is 1. The lowest BCUT2D eigenvalue weighted by atomic mass is 10.1. The Bertz CT molecular complexity index is 719. The molecule has 1 aromatic heterocycles. The molecule has 1 aromatic carbocycles. The number of hydrogen-bond donors (Lipinski definition) is 0. The first-order valence-corrected chi connectivity index (χ1v) is 5.78. The van der Waals surface area contributed by atoms with Gasteiger partial charge in [-0.25, -0.2) is 4.98 Å². The van der Waals surface area contributed by atoms with E-state index in [1.165, 1.54) is 41.2 Å². The van der Waals surface area contributed by atoms with Gasteiger partial charge in [0.25, 0.3) is 11.2 Å². The van der Waals surface area contributed by atoms with Crippen molar-refractivity contribution in [3.8, 4) is 0 Å². The maximum Gasteiger partial charge on any atom is 0.269 e. The molecular formula is C13H11N3O4. The summed E-state index contributed by atoms with van der Waals surface area (Å²) in [5.41, 5.74) is 0.487. The highest BCUT2D eigenvalue weighted by molar-refractivity contribution is 5.96. The van der Waals surface area contributed by atoms with Gasteiger partial charge >= 0.3 is 0 Å². The van der Waals surface area contributed by atoms with Gasteiger partial charge in [0.15, 0.2) is 5.78 Å². The highest BCUT2D eigenvalue weighted by Crippen LogP contribution is 2.12. The van der Waals surface area contributed by atoms with E-state index in [2.05, 4.69) is 4.98 Å². The number of non-ortho nitro benzene ring substituents is 1. The number of hydrogen-bond acceptors (Lipinski definition) is 5. The van der Waals surface area contributed by atoms with Crippen molar-refractivity contribution in [2.75, 3.05) is 0 Å². The van der Waals surface area contributed by atoms with E-state index in [9.17, 15) is 19.7 Å². The van der Waals surface area contributed by atoms with Crippen molar-refractivity contribution in [2.24, 2.45) is 0 Å². The normalized spacial score (nSPS) is 10.2. The van der Waals surface area contributed by atoms with Gasteiger partial charge in [0, 0.05) is 29.5 Å². The van der Waals surface area contributed by atoms with Gasteiger partial charge in [-0.1, -0.05) is 0 Å². The van der Waals surface area contributed by atoms with Crippen LogP contribution < -0.4 is 5.56 Å². The topological polar surface area (TPSA) is 95.1 Å². The van der Waals surface area contributed by atoms with Gasteiger partial charge in [-0.3, -0.25) is 24.3 Å². The van der Waals surface area contributed by atoms with Crippen LogP contribution in [-0.4, -0.2) is 20.3 Å². The first-order chi connectivity index (χ1) is 9.47. The summed E-state index contributed by atoms with van der Waals surface area (Å²) >= 11 is 0. The second kappa shape index (κ2) is 5.43. The van der Waals surface area contributed by atoms with E-state index >= 15 is 0 Å². The predicted octanol–water partition coefficient (Wildman–Crippen LogP) is 1.34. The Labute approximate surface area is 113 Å². The molecule has 1 heterocycles. The van der Waals surface area contributed by atoms with Gasteiger partial charge in [-0.05, 0) is 19.1 Å². The maximum atomic E-state index is 12.0. The molecule has 20 heavy (non-hydrogen) atoms. The van der Waals surface area contributed by atoms with E-state index in [-0.39, 0.29) is 23.6 Å². The zero-order valence-electron chi connectivity index (χ0n) is 10.6. The van der Waals surface area contributed by atoms with Crippen LogP contribution in [0, 0.1) is 17.0 Å². The molecule has 0 N–H and O–H groups in total. The lowest BCUT2D eigenvalue weighted by molar-refractivity contribution is -0.384. The van der Waals surface area contributed by atoms with Crippen LogP contribution in [0.5, 0.6) is 0 Å². The highest BCUT2D eigenvalue weighted by Gasteiger charge is 2.10. The van der Waals surface area contributed by atoms with E-state index in [4.69, 9.17) is 0 Å². The van der Waals surface area contributed by atoms with E-state index in [0.29, 0.717) is 11.3 Å². The van der Waals surface area contributed by atoms with E-state index < -0.39 is 4.92 Å². The standard InChI is InChI=1S/C13H11N3O4/c1-9-6-13(18)15(8-14-9)7-12(17)10-2-4-11(5-3-10)16(19)20/h2-6,8H,7H2,1H3. The third-order valence-electron chi connectivity index (χ3n) is 2.73. The van der Waals surface area contributed by atoms with Crippen LogP contribution >= 0.6 is 0 Å². The fourth-order valence-electron chi connectivity index (χ4n) is 1.65. The molecule has 0 fully saturated rings. The molecule has 0 amide bonds. The number of rotatable bonds is 4. The number of carbonyl (C=O) groups excluding carboxylic acids is 1. The van der Waals surface area contributed by atoms with Crippen LogP contribution in [0.15, 0.2) is 41.5 Å². The highest BCUT2D eigenvalue weighted by atomic mass is 16.6. The summed E-state index contributed by atoms with van der Waals surface area (Å²) in [6.45, 7) is 1.54. The third-order valence-corrected chi connectivity index (χ3v) is 2.73. The Kier molecular flexibility index (Phi) is 3.69. The van der Waals surface area contributed by atoms with Crippen LogP contribution in [0.25, 0.3) is 0 Å². The summed E-state index contributed by atoms with van der Waals surface area (Å²) in [6, 6.07) is 6.58. The summed E-state index contributed by atoms with van der Waals surface area (Å²) in [5.74, 6) is -0.312. The van der Waals surface area contributed by atoms with Gasteiger partial charge in [0.05, 0.1) is 17.8 Å². The van der Waals surface area contributed by atoms with Crippen LogP contribution in [0.2, 0.25) is 0 Å². The summed E-state index contributed by atoms with van der Waals surface area (Å²) in [4.78, 5) is 37.5. The number of aromatic nitrogens is 2. The zero-order chi connectivity index (χ0) is 14.7. The van der Waals surface area contributed by atoms with Crippen molar-refractivity contribution in [3.05, 3.63) is 68.4 Å². The van der Waals surface area contributed by atoms with Crippen molar-refractivity contribution in [2.45, 2.75) is 13.5 Å². The summed E-state index contributed by atoms with van der Waals surface area (Å²) in [6.07, 6.45) is 1.31. The minimum absolute atomic E-state index is 0.0873. The molecule has 0 aliphatic heterocycles. The van der Waals surface area contributed by atoms with Gasteiger partial charge < -0.3 is 0 Å². The van der Waals surface area contributed by atoms with Crippen LogP contribution in [-0.2, 0) is 6.54 Å². The molecule has 0 bridgehead atoms. The fraction of sp³-hybridized carbons (Fsp3) is 0.154. The quantitative estimate of drug-likeness (QED) is 0.476. The Morgan fingerprint density at radius 1 is 1.35 bits per heavy atom. The monoisotopic (exact) mass is 273 g/mol. The van der Waals surface area contributed by atoms with Crippen molar-refractivity contribution in [3.63, 3.8) is 0 Å². The molecule has 7 nitrogen and oxygen atoms in total. The maximum absolute atomic E-state index is 12.0. The lowest BCUT2D eigenvalue weighted by Crippen LogP contribution is -2.24. The number of Topliss-reactive ketones (excluding diaryl/α,β-unsaturated/α-hetero) is 1. The predicted molar refractivity (Wildman–Crippen MR) is 70.7 cm³/mol. The molecule has 0 radical (unpaired) electrons. The Morgan fingerprint density at radius 2 is 2.00 bits per heavy atom. The molecule has 102 valence electrons. The van der Waals surface area contributed by atoms with Gasteiger partial charge in [-0.2, -0.15) is 0 Å². The fourth-order valence-corrected chi connectivity index (χ4v) is 1.65. The van der Waals surface area contributed by atoms with Crippen molar-refractivity contribution < 1.29 is 9.72 Å². The molecule has 0 saturated heterocycles. The molecule has 0 unspecified atom stereocenters. The van der Waals surface area contributed by atoms with Crippen LogP contribution in [0.1, 0.15) is 16.1 Å². The van der Waals surface area contributed by atoms with E-state index in [0.717, 1.165) is 0 Å². The second-order valence-electron chi connectivity index (χ2n) is 4.22. The van der Waals surface area contributed by atoms with Crippen molar-refractivity contribution in [1.29, 1.82) is 0 Å². The van der Waals surface area contributed by atoms with E-state index in [1.807, 2.05) is 0 Å². The molecule has 2 rings (SSSR count). The SMILES string of the molecule is Cc1cc(=O)n(CC(=O)c2ccc([N+](=O)[O-])cc2)cn1. The number of aryl methyl sites for hydroxylation is 1. The first-order valence-electron chi connectivity index (χ1n) is 5.78. The average molecular weight is 273 g/mol. The Balaban J connectivity index is 2.19. The Morgan fingerprint density at radius 3 is 2.55 bits per heavy atom. The number of nitrogens with zero attached hydrogens (tertiary/aromatic N) is 3. The molecule has 0 saturated carbocycles. The van der Waals surface area contributed by atoms with Gasteiger partial charge in [0.1, 0.15) is 0 Å². The van der Waals surface area contributed by atoms with Crippen LogP contribution in [0.3, 0.4) is 0 Å². The average Bonchev–Trinajstić information content (AvgIpc) is 2.42. The first kappa shape index (κ1) is 13.6. The molecule has 0 atom stereocenters. The number of carbonyl (C=O) groups is 1. The second-order valence-corrected chi connectivity index (χ2v) is 4.22. The molecule has 0 aliphatic carbocycles. The van der Waals surface area contributed by atoms with Gasteiger partial charge in [0.2, 0.25) is 0 Å². The summed E-state index contributed by atoms with van der Waals surface area (Å²) in [7, 11) is 0. The zero-order valence-corrected chi connectivity index (χ0v) is 10.6.